The van der Waals surface area contributed by atoms with Gasteiger partial charge in [-0.15, -0.1) is 6.42 Å². The molecule has 0 saturated carbocycles. The Balaban J connectivity index is 1.55. The first kappa shape index (κ1) is 17.6. The number of carbonyl (C=O) groups is 1. The van der Waals surface area contributed by atoms with Crippen LogP contribution in [0.3, 0.4) is 0 Å². The molecule has 0 spiro atoms. The fourth-order valence-electron chi connectivity index (χ4n) is 2.60. The zero-order chi connectivity index (χ0) is 18.4. The van der Waals surface area contributed by atoms with E-state index in [1.165, 1.54) is 17.0 Å². The Bertz CT molecular complexity index is 801. The molecule has 0 fully saturated rings. The van der Waals surface area contributed by atoms with E-state index in [4.69, 9.17) is 15.9 Å². The summed E-state index contributed by atoms with van der Waals surface area (Å²) < 4.78 is 24.5. The summed E-state index contributed by atoms with van der Waals surface area (Å²) in [4.78, 5) is 13.9. The molecule has 0 saturated heterocycles. The fraction of sp³-hybridized carbons (Fsp3) is 0.250. The number of urea groups is 1. The highest BCUT2D eigenvalue weighted by atomic mass is 19.1. The van der Waals surface area contributed by atoms with Gasteiger partial charge in [-0.1, -0.05) is 30.2 Å². The third-order valence-electron chi connectivity index (χ3n) is 3.90. The molecule has 2 aromatic carbocycles. The molecule has 2 amide bonds. The van der Waals surface area contributed by atoms with E-state index in [1.807, 2.05) is 24.3 Å². The van der Waals surface area contributed by atoms with Gasteiger partial charge in [0.25, 0.3) is 0 Å². The van der Waals surface area contributed by atoms with Gasteiger partial charge < -0.3 is 19.7 Å². The zero-order valence-electron chi connectivity index (χ0n) is 14.2. The third-order valence-corrected chi connectivity index (χ3v) is 3.90. The van der Waals surface area contributed by atoms with E-state index in [0.717, 1.165) is 5.56 Å². The molecule has 1 aliphatic rings. The maximum absolute atomic E-state index is 13.0. The lowest BCUT2D eigenvalue weighted by molar-refractivity contribution is 0.0902. The van der Waals surface area contributed by atoms with Crippen LogP contribution in [-0.2, 0) is 6.54 Å². The summed E-state index contributed by atoms with van der Waals surface area (Å²) in [6.45, 7) is 1.08. The molecule has 6 heteroatoms. The van der Waals surface area contributed by atoms with Gasteiger partial charge in [0.1, 0.15) is 12.4 Å². The van der Waals surface area contributed by atoms with Crippen LogP contribution in [0.2, 0.25) is 0 Å². The number of fused-ring (bicyclic) bond motifs is 1. The van der Waals surface area contributed by atoms with Crippen molar-refractivity contribution < 1.29 is 18.7 Å². The van der Waals surface area contributed by atoms with Crippen LogP contribution < -0.4 is 14.8 Å². The Kier molecular flexibility index (Phi) is 5.59. The third kappa shape index (κ3) is 4.45. The summed E-state index contributed by atoms with van der Waals surface area (Å²) in [5, 5.41) is 2.81. The van der Waals surface area contributed by atoms with Crippen LogP contribution in [0.1, 0.15) is 5.56 Å². The van der Waals surface area contributed by atoms with Crippen molar-refractivity contribution in [3.63, 3.8) is 0 Å². The summed E-state index contributed by atoms with van der Waals surface area (Å²) in [6.07, 6.45) is 5.08. The first-order valence-electron chi connectivity index (χ1n) is 8.25. The van der Waals surface area contributed by atoms with E-state index in [-0.39, 0.29) is 31.0 Å². The fourth-order valence-corrected chi connectivity index (χ4v) is 2.60. The van der Waals surface area contributed by atoms with E-state index in [1.54, 1.807) is 12.1 Å². The second kappa shape index (κ2) is 8.26. The topological polar surface area (TPSA) is 50.8 Å². The predicted octanol–water partition coefficient (Wildman–Crippen LogP) is 2.81. The molecular weight excluding hydrogens is 335 g/mol. The maximum Gasteiger partial charge on any atom is 0.318 e. The van der Waals surface area contributed by atoms with E-state index in [2.05, 4.69) is 11.2 Å². The Morgan fingerprint density at radius 3 is 2.69 bits per heavy atom. The normalized spacial score (nSPS) is 15.0. The summed E-state index contributed by atoms with van der Waals surface area (Å²) in [5.41, 5.74) is 0.794. The molecule has 1 atom stereocenters. The monoisotopic (exact) mass is 354 g/mol. The lowest BCUT2D eigenvalue weighted by Crippen LogP contribution is -2.46. The van der Waals surface area contributed by atoms with Gasteiger partial charge in [0.05, 0.1) is 13.1 Å². The largest absolute Gasteiger partial charge is 0.486 e. The SMILES string of the molecule is C#CCN(Cc1ccc(F)cc1)C(=O)NCC1COc2ccccc2O1. The quantitative estimate of drug-likeness (QED) is 0.840. The minimum Gasteiger partial charge on any atom is -0.486 e. The van der Waals surface area contributed by atoms with Crippen LogP contribution in [0.15, 0.2) is 48.5 Å². The van der Waals surface area contributed by atoms with Crippen molar-refractivity contribution in [1.29, 1.82) is 0 Å². The number of terminal acetylenes is 1. The number of para-hydroxylation sites is 2. The molecule has 26 heavy (non-hydrogen) atoms. The molecule has 1 heterocycles. The van der Waals surface area contributed by atoms with Crippen LogP contribution in [0.25, 0.3) is 0 Å². The van der Waals surface area contributed by atoms with Gasteiger partial charge in [-0.05, 0) is 29.8 Å². The number of nitrogens with zero attached hydrogens (tertiary/aromatic N) is 1. The molecule has 134 valence electrons. The van der Waals surface area contributed by atoms with Crippen molar-refractivity contribution in [2.24, 2.45) is 0 Å². The van der Waals surface area contributed by atoms with Crippen LogP contribution in [0, 0.1) is 18.2 Å². The maximum atomic E-state index is 13.0. The number of halogens is 1. The Morgan fingerprint density at radius 1 is 1.23 bits per heavy atom. The summed E-state index contributed by atoms with van der Waals surface area (Å²) in [6, 6.07) is 13.0. The smallest absolute Gasteiger partial charge is 0.318 e. The molecule has 5 nitrogen and oxygen atoms in total. The molecule has 1 aliphatic heterocycles. The van der Waals surface area contributed by atoms with Gasteiger partial charge in [0, 0.05) is 6.54 Å². The lowest BCUT2D eigenvalue weighted by Gasteiger charge is -2.28. The summed E-state index contributed by atoms with van der Waals surface area (Å²) in [7, 11) is 0. The van der Waals surface area contributed by atoms with Crippen molar-refractivity contribution in [3.05, 3.63) is 59.9 Å². The molecule has 1 N–H and O–H groups in total. The van der Waals surface area contributed by atoms with Crippen molar-refractivity contribution in [1.82, 2.24) is 10.2 Å². The summed E-state index contributed by atoms with van der Waals surface area (Å²) >= 11 is 0. The standard InChI is InChI=1S/C20H19FN2O3/c1-2-11-23(13-15-7-9-16(21)10-8-15)20(24)22-12-17-14-25-18-5-3-4-6-19(18)26-17/h1,3-10,17H,11-14H2,(H,22,24). The highest BCUT2D eigenvalue weighted by Gasteiger charge is 2.22. The van der Waals surface area contributed by atoms with Crippen LogP contribution in [0.5, 0.6) is 11.5 Å². The highest BCUT2D eigenvalue weighted by molar-refractivity contribution is 5.74. The Morgan fingerprint density at radius 2 is 1.96 bits per heavy atom. The molecule has 1 unspecified atom stereocenters. The van der Waals surface area contributed by atoms with Gasteiger partial charge in [0.15, 0.2) is 17.6 Å². The van der Waals surface area contributed by atoms with E-state index in [0.29, 0.717) is 24.7 Å². The average Bonchev–Trinajstić information content (AvgIpc) is 2.67. The Hall–Kier alpha value is -3.20. The molecule has 0 aromatic heterocycles. The second-order valence-corrected chi connectivity index (χ2v) is 5.87. The van der Waals surface area contributed by atoms with Crippen LogP contribution >= 0.6 is 0 Å². The average molecular weight is 354 g/mol. The first-order chi connectivity index (χ1) is 12.7. The number of carbonyl (C=O) groups excluding carboxylic acids is 1. The van der Waals surface area contributed by atoms with Crippen LogP contribution in [-0.4, -0.2) is 36.7 Å². The van der Waals surface area contributed by atoms with Gasteiger partial charge in [-0.25, -0.2) is 9.18 Å². The van der Waals surface area contributed by atoms with Gasteiger partial charge in [0.2, 0.25) is 0 Å². The van der Waals surface area contributed by atoms with Crippen molar-refractivity contribution >= 4 is 6.03 Å². The number of rotatable bonds is 5. The molecular formula is C20H19FN2O3. The second-order valence-electron chi connectivity index (χ2n) is 5.87. The van der Waals surface area contributed by atoms with Gasteiger partial charge in [-0.2, -0.15) is 0 Å². The minimum absolute atomic E-state index is 0.147. The van der Waals surface area contributed by atoms with E-state index < -0.39 is 0 Å². The molecule has 0 radical (unpaired) electrons. The number of amides is 2. The molecule has 0 aliphatic carbocycles. The van der Waals surface area contributed by atoms with E-state index >= 15 is 0 Å². The number of benzene rings is 2. The number of ether oxygens (including phenoxy) is 2. The molecule has 3 rings (SSSR count). The van der Waals surface area contributed by atoms with Gasteiger partial charge >= 0.3 is 6.03 Å². The first-order valence-corrected chi connectivity index (χ1v) is 8.25. The van der Waals surface area contributed by atoms with Crippen molar-refractivity contribution in [2.75, 3.05) is 19.7 Å². The molecule has 0 bridgehead atoms. The summed E-state index contributed by atoms with van der Waals surface area (Å²) in [5.74, 6) is 3.50. The molecule has 2 aromatic rings. The van der Waals surface area contributed by atoms with E-state index in [9.17, 15) is 9.18 Å². The van der Waals surface area contributed by atoms with Crippen molar-refractivity contribution in [3.8, 4) is 23.8 Å². The highest BCUT2D eigenvalue weighted by Crippen LogP contribution is 2.30. The lowest BCUT2D eigenvalue weighted by atomic mass is 10.2. The van der Waals surface area contributed by atoms with Crippen LogP contribution in [0.4, 0.5) is 9.18 Å². The van der Waals surface area contributed by atoms with Crippen molar-refractivity contribution in [2.45, 2.75) is 12.6 Å². The number of hydrogen-bond donors (Lipinski definition) is 1. The minimum atomic E-state index is -0.323. The van der Waals surface area contributed by atoms with Gasteiger partial charge in [-0.3, -0.25) is 0 Å². The number of nitrogens with one attached hydrogen (secondary N) is 1. The zero-order valence-corrected chi connectivity index (χ0v) is 14.2. The predicted molar refractivity (Wildman–Crippen MR) is 95.4 cm³/mol. The number of hydrogen-bond acceptors (Lipinski definition) is 3. The Labute approximate surface area is 151 Å².